The van der Waals surface area contributed by atoms with Crippen molar-refractivity contribution in [2.24, 2.45) is 19.8 Å². The summed E-state index contributed by atoms with van der Waals surface area (Å²) in [6.45, 7) is 0. The molecule has 0 saturated carbocycles. The summed E-state index contributed by atoms with van der Waals surface area (Å²) in [5.41, 5.74) is 6.30. The van der Waals surface area contributed by atoms with Crippen LogP contribution >= 0.6 is 0 Å². The van der Waals surface area contributed by atoms with Crippen LogP contribution in [0, 0.1) is 0 Å². The lowest BCUT2D eigenvalue weighted by Gasteiger charge is -2.00. The Balaban J connectivity index is 2.03. The Labute approximate surface area is 130 Å². The molecule has 0 spiro atoms. The van der Waals surface area contributed by atoms with Crippen LogP contribution in [0.3, 0.4) is 0 Å². The van der Waals surface area contributed by atoms with Gasteiger partial charge in [-0.3, -0.25) is 18.7 Å². The molecule has 0 aliphatic carbocycles. The van der Waals surface area contributed by atoms with Crippen LogP contribution in [0.25, 0.3) is 11.2 Å². The number of nitrogens with two attached hydrogens (primary N) is 1. The van der Waals surface area contributed by atoms with Crippen molar-refractivity contribution in [2.75, 3.05) is 0 Å². The van der Waals surface area contributed by atoms with Crippen LogP contribution in [0.15, 0.2) is 33.9 Å². The number of hydrogen-bond donors (Lipinski definition) is 2. The van der Waals surface area contributed by atoms with Gasteiger partial charge in [0.15, 0.2) is 5.65 Å². The SMILES string of the molecule is Cn1c(=O)c2[nH]c(Cc3ccc(C(N)=O)cc3)nc2n(C)c1=O. The molecule has 0 aliphatic rings. The summed E-state index contributed by atoms with van der Waals surface area (Å²) in [7, 11) is 2.99. The van der Waals surface area contributed by atoms with Gasteiger partial charge in [0.1, 0.15) is 11.3 Å². The fourth-order valence-electron chi connectivity index (χ4n) is 2.44. The summed E-state index contributed by atoms with van der Waals surface area (Å²) in [4.78, 5) is 42.4. The number of rotatable bonds is 3. The fraction of sp³-hybridized carbons (Fsp3) is 0.200. The zero-order valence-electron chi connectivity index (χ0n) is 12.7. The molecule has 3 rings (SSSR count). The van der Waals surface area contributed by atoms with Gasteiger partial charge < -0.3 is 10.7 Å². The first-order valence-corrected chi connectivity index (χ1v) is 6.92. The van der Waals surface area contributed by atoms with E-state index in [0.717, 1.165) is 10.1 Å². The van der Waals surface area contributed by atoms with E-state index in [4.69, 9.17) is 5.73 Å². The number of nitrogens with one attached hydrogen (secondary N) is 1. The van der Waals surface area contributed by atoms with E-state index in [1.165, 1.54) is 11.6 Å². The molecular weight excluding hydrogens is 298 g/mol. The van der Waals surface area contributed by atoms with Crippen molar-refractivity contribution in [3.63, 3.8) is 0 Å². The third-order valence-electron chi connectivity index (χ3n) is 3.75. The van der Waals surface area contributed by atoms with Gasteiger partial charge in [-0.2, -0.15) is 0 Å². The van der Waals surface area contributed by atoms with Crippen molar-refractivity contribution in [1.29, 1.82) is 0 Å². The normalized spacial score (nSPS) is 11.0. The molecule has 2 aromatic heterocycles. The maximum absolute atomic E-state index is 12.1. The van der Waals surface area contributed by atoms with E-state index in [2.05, 4.69) is 9.97 Å². The number of aromatic nitrogens is 4. The molecule has 0 atom stereocenters. The number of aromatic amines is 1. The Kier molecular flexibility index (Phi) is 3.36. The standard InChI is InChI=1S/C15H15N5O3/c1-19-13-11(14(22)20(2)15(19)23)17-10(18-13)7-8-3-5-9(6-4-8)12(16)21/h3-6H,7H2,1-2H3,(H2,16,21)(H,17,18). The number of hydrogen-bond acceptors (Lipinski definition) is 4. The molecule has 8 nitrogen and oxygen atoms in total. The average molecular weight is 313 g/mol. The lowest BCUT2D eigenvalue weighted by Crippen LogP contribution is -2.36. The van der Waals surface area contributed by atoms with Gasteiger partial charge in [-0.1, -0.05) is 12.1 Å². The van der Waals surface area contributed by atoms with Gasteiger partial charge in [-0.25, -0.2) is 9.78 Å². The second-order valence-corrected chi connectivity index (χ2v) is 5.33. The molecule has 0 unspecified atom stereocenters. The molecule has 1 amide bonds. The van der Waals surface area contributed by atoms with E-state index < -0.39 is 17.2 Å². The number of carbonyl (C=O) groups excluding carboxylic acids is 1. The van der Waals surface area contributed by atoms with Crippen molar-refractivity contribution >= 4 is 17.1 Å². The maximum Gasteiger partial charge on any atom is 0.332 e. The topological polar surface area (TPSA) is 116 Å². The number of H-pyrrole nitrogens is 1. The van der Waals surface area contributed by atoms with Gasteiger partial charge >= 0.3 is 5.69 Å². The van der Waals surface area contributed by atoms with Crippen molar-refractivity contribution in [3.8, 4) is 0 Å². The van der Waals surface area contributed by atoms with E-state index in [0.29, 0.717) is 29.0 Å². The van der Waals surface area contributed by atoms with E-state index in [-0.39, 0.29) is 0 Å². The monoisotopic (exact) mass is 313 g/mol. The average Bonchev–Trinajstić information content (AvgIpc) is 2.95. The van der Waals surface area contributed by atoms with Crippen LogP contribution in [-0.2, 0) is 20.5 Å². The third-order valence-corrected chi connectivity index (χ3v) is 3.75. The Hall–Kier alpha value is -3.16. The minimum atomic E-state index is -0.487. The molecule has 2 heterocycles. The van der Waals surface area contributed by atoms with Crippen molar-refractivity contribution in [3.05, 3.63) is 62.1 Å². The Bertz CT molecular complexity index is 1020. The van der Waals surface area contributed by atoms with E-state index in [9.17, 15) is 14.4 Å². The van der Waals surface area contributed by atoms with Gasteiger partial charge in [-0.15, -0.1) is 0 Å². The molecule has 3 aromatic rings. The second kappa shape index (κ2) is 5.24. The number of amides is 1. The molecule has 0 radical (unpaired) electrons. The summed E-state index contributed by atoms with van der Waals surface area (Å²) < 4.78 is 2.36. The number of benzene rings is 1. The highest BCUT2D eigenvalue weighted by Gasteiger charge is 2.13. The van der Waals surface area contributed by atoms with Gasteiger partial charge in [0.2, 0.25) is 5.91 Å². The molecule has 118 valence electrons. The zero-order valence-corrected chi connectivity index (χ0v) is 12.7. The number of nitrogens with zero attached hydrogens (tertiary/aromatic N) is 3. The van der Waals surface area contributed by atoms with Crippen LogP contribution in [-0.4, -0.2) is 25.0 Å². The highest BCUT2D eigenvalue weighted by Crippen LogP contribution is 2.11. The number of fused-ring (bicyclic) bond motifs is 1. The quantitative estimate of drug-likeness (QED) is 0.687. The molecule has 0 saturated heterocycles. The molecule has 8 heteroatoms. The highest BCUT2D eigenvalue weighted by atomic mass is 16.2. The first-order chi connectivity index (χ1) is 10.9. The van der Waals surface area contributed by atoms with Crippen molar-refractivity contribution in [2.45, 2.75) is 6.42 Å². The van der Waals surface area contributed by atoms with Crippen LogP contribution < -0.4 is 17.0 Å². The summed E-state index contributed by atoms with van der Waals surface area (Å²) >= 11 is 0. The molecule has 3 N–H and O–H groups in total. The summed E-state index contributed by atoms with van der Waals surface area (Å²) in [5, 5.41) is 0. The smallest absolute Gasteiger partial charge is 0.332 e. The number of carbonyl (C=O) groups is 1. The Morgan fingerprint density at radius 1 is 1.17 bits per heavy atom. The van der Waals surface area contributed by atoms with Gasteiger partial charge in [0.05, 0.1) is 0 Å². The molecule has 23 heavy (non-hydrogen) atoms. The fourth-order valence-corrected chi connectivity index (χ4v) is 2.44. The minimum absolute atomic E-state index is 0.290. The molecular formula is C15H15N5O3. The van der Waals surface area contributed by atoms with Crippen molar-refractivity contribution < 1.29 is 4.79 Å². The predicted octanol–water partition coefficient (Wildman–Crippen LogP) is -0.350. The van der Waals surface area contributed by atoms with E-state index in [1.807, 2.05) is 0 Å². The van der Waals surface area contributed by atoms with Crippen LogP contribution in [0.5, 0.6) is 0 Å². The predicted molar refractivity (Wildman–Crippen MR) is 84.3 cm³/mol. The van der Waals surface area contributed by atoms with Gasteiger partial charge in [-0.05, 0) is 17.7 Å². The summed E-state index contributed by atoms with van der Waals surface area (Å²) in [6.07, 6.45) is 0.436. The highest BCUT2D eigenvalue weighted by molar-refractivity contribution is 5.92. The molecule has 0 bridgehead atoms. The number of primary amides is 1. The molecule has 0 aliphatic heterocycles. The summed E-state index contributed by atoms with van der Waals surface area (Å²) in [5.74, 6) is 0.0731. The summed E-state index contributed by atoms with van der Waals surface area (Å²) in [6, 6.07) is 6.80. The minimum Gasteiger partial charge on any atom is -0.366 e. The zero-order chi connectivity index (χ0) is 16.7. The first kappa shape index (κ1) is 14.8. The van der Waals surface area contributed by atoms with E-state index in [1.54, 1.807) is 31.3 Å². The largest absolute Gasteiger partial charge is 0.366 e. The second-order valence-electron chi connectivity index (χ2n) is 5.33. The maximum atomic E-state index is 12.1. The Morgan fingerprint density at radius 2 is 1.83 bits per heavy atom. The lowest BCUT2D eigenvalue weighted by molar-refractivity contribution is 0.100. The molecule has 0 fully saturated rings. The van der Waals surface area contributed by atoms with E-state index >= 15 is 0 Å². The van der Waals surface area contributed by atoms with Crippen molar-refractivity contribution in [1.82, 2.24) is 19.1 Å². The number of imidazole rings is 1. The van der Waals surface area contributed by atoms with Gasteiger partial charge in [0, 0.05) is 26.1 Å². The third kappa shape index (κ3) is 2.44. The van der Waals surface area contributed by atoms with Crippen LogP contribution in [0.4, 0.5) is 0 Å². The van der Waals surface area contributed by atoms with Crippen LogP contribution in [0.2, 0.25) is 0 Å². The molecule has 1 aromatic carbocycles. The first-order valence-electron chi connectivity index (χ1n) is 6.92. The van der Waals surface area contributed by atoms with Crippen LogP contribution in [0.1, 0.15) is 21.7 Å². The number of aryl methyl sites for hydroxylation is 1. The lowest BCUT2D eigenvalue weighted by atomic mass is 10.1. The van der Waals surface area contributed by atoms with Gasteiger partial charge in [0.25, 0.3) is 5.56 Å². The Morgan fingerprint density at radius 3 is 2.43 bits per heavy atom.